The van der Waals surface area contributed by atoms with Crippen molar-refractivity contribution in [2.45, 2.75) is 46.7 Å². The van der Waals surface area contributed by atoms with Gasteiger partial charge in [-0.05, 0) is 33.3 Å². The third-order valence-electron chi connectivity index (χ3n) is 3.55. The Morgan fingerprint density at radius 3 is 2.75 bits per heavy atom. The van der Waals surface area contributed by atoms with Crippen LogP contribution >= 0.6 is 11.3 Å². The molecule has 0 saturated carbocycles. The van der Waals surface area contributed by atoms with Gasteiger partial charge in [-0.2, -0.15) is 0 Å². The Labute approximate surface area is 122 Å². The van der Waals surface area contributed by atoms with E-state index in [1.807, 2.05) is 33.8 Å². The molecular weight excluding hydrogens is 272 g/mol. The molecule has 2 aromatic rings. The van der Waals surface area contributed by atoms with Gasteiger partial charge in [-0.1, -0.05) is 6.92 Å². The van der Waals surface area contributed by atoms with Crippen LogP contribution in [-0.4, -0.2) is 16.5 Å². The van der Waals surface area contributed by atoms with Crippen molar-refractivity contribution in [3.8, 4) is 0 Å². The second-order valence-corrected chi connectivity index (χ2v) is 6.22. The molecule has 0 fully saturated rings. The molecule has 5 heteroatoms. The van der Waals surface area contributed by atoms with Crippen molar-refractivity contribution in [2.24, 2.45) is 0 Å². The monoisotopic (exact) mass is 292 g/mol. The van der Waals surface area contributed by atoms with Crippen molar-refractivity contribution in [2.75, 3.05) is 0 Å². The van der Waals surface area contributed by atoms with Gasteiger partial charge in [0.15, 0.2) is 0 Å². The number of nitrogens with one attached hydrogen (secondary N) is 1. The molecule has 0 aromatic carbocycles. The van der Waals surface area contributed by atoms with E-state index >= 15 is 0 Å². The van der Waals surface area contributed by atoms with Crippen molar-refractivity contribution < 1.29 is 4.79 Å². The Morgan fingerprint density at radius 2 is 2.15 bits per heavy atom. The van der Waals surface area contributed by atoms with E-state index in [1.165, 1.54) is 11.3 Å². The summed E-state index contributed by atoms with van der Waals surface area (Å²) >= 11 is 1.50. The first-order chi connectivity index (χ1) is 9.49. The number of hydrogen-bond acceptors (Lipinski definition) is 3. The van der Waals surface area contributed by atoms with E-state index in [4.69, 9.17) is 0 Å². The Hall–Kier alpha value is -1.62. The quantitative estimate of drug-likeness (QED) is 0.942. The molecule has 20 heavy (non-hydrogen) atoms. The van der Waals surface area contributed by atoms with Crippen LogP contribution in [0.15, 0.2) is 17.1 Å². The number of fused-ring (bicyclic) bond motifs is 1. The van der Waals surface area contributed by atoms with Crippen molar-refractivity contribution in [1.82, 2.24) is 9.88 Å². The molecule has 1 N–H and O–H groups in total. The number of carbonyl (C=O) groups is 1. The number of hydrogen-bond donors (Lipinski definition) is 1. The molecule has 0 aliphatic rings. The fourth-order valence-electron chi connectivity index (χ4n) is 2.19. The van der Waals surface area contributed by atoms with Gasteiger partial charge < -0.3 is 9.88 Å². The van der Waals surface area contributed by atoms with Gasteiger partial charge in [0.05, 0.1) is 10.9 Å². The SMILES string of the molecule is CCC(C)NC(=O)c1c(C)sc2ccn(CC)c(=O)c12. The molecule has 0 saturated heterocycles. The second kappa shape index (κ2) is 5.79. The van der Waals surface area contributed by atoms with E-state index in [9.17, 15) is 9.59 Å². The Kier molecular flexibility index (Phi) is 4.28. The summed E-state index contributed by atoms with van der Waals surface area (Å²) in [5.74, 6) is -0.144. The maximum Gasteiger partial charge on any atom is 0.260 e. The largest absolute Gasteiger partial charge is 0.350 e. The molecule has 0 aliphatic heterocycles. The van der Waals surface area contributed by atoms with Gasteiger partial charge in [0.1, 0.15) is 0 Å². The van der Waals surface area contributed by atoms with Crippen LogP contribution in [0.25, 0.3) is 10.1 Å². The lowest BCUT2D eigenvalue weighted by atomic mass is 10.1. The molecule has 1 atom stereocenters. The first kappa shape index (κ1) is 14.8. The minimum Gasteiger partial charge on any atom is -0.350 e. The number of amides is 1. The third-order valence-corrected chi connectivity index (χ3v) is 4.62. The highest BCUT2D eigenvalue weighted by atomic mass is 32.1. The van der Waals surface area contributed by atoms with E-state index < -0.39 is 0 Å². The summed E-state index contributed by atoms with van der Waals surface area (Å²) < 4.78 is 2.51. The van der Waals surface area contributed by atoms with E-state index in [2.05, 4.69) is 5.32 Å². The van der Waals surface area contributed by atoms with E-state index in [0.717, 1.165) is 16.0 Å². The van der Waals surface area contributed by atoms with Crippen LogP contribution in [0.2, 0.25) is 0 Å². The first-order valence-electron chi connectivity index (χ1n) is 6.93. The second-order valence-electron chi connectivity index (χ2n) is 4.96. The first-order valence-corrected chi connectivity index (χ1v) is 7.74. The minimum absolute atomic E-state index is 0.0800. The number of rotatable bonds is 4. The lowest BCUT2D eigenvalue weighted by Crippen LogP contribution is -2.33. The highest BCUT2D eigenvalue weighted by Crippen LogP contribution is 2.28. The van der Waals surface area contributed by atoms with Gasteiger partial charge in [-0.25, -0.2) is 0 Å². The Balaban J connectivity index is 2.60. The summed E-state index contributed by atoms with van der Waals surface area (Å²) in [6.07, 6.45) is 2.66. The van der Waals surface area contributed by atoms with Gasteiger partial charge in [0, 0.05) is 28.4 Å². The van der Waals surface area contributed by atoms with Crippen molar-refractivity contribution in [3.05, 3.63) is 33.1 Å². The minimum atomic E-state index is -0.144. The molecule has 0 spiro atoms. The van der Waals surface area contributed by atoms with Crippen LogP contribution in [0.1, 0.15) is 42.4 Å². The number of thiophene rings is 1. The molecule has 2 rings (SSSR count). The van der Waals surface area contributed by atoms with Gasteiger partial charge >= 0.3 is 0 Å². The van der Waals surface area contributed by atoms with E-state index in [-0.39, 0.29) is 17.5 Å². The fraction of sp³-hybridized carbons (Fsp3) is 0.467. The normalized spacial score (nSPS) is 12.6. The molecule has 4 nitrogen and oxygen atoms in total. The van der Waals surface area contributed by atoms with Crippen LogP contribution < -0.4 is 10.9 Å². The predicted octanol–water partition coefficient (Wildman–Crippen LogP) is 2.92. The number of pyridine rings is 1. The number of aryl methyl sites for hydroxylation is 2. The Bertz CT molecular complexity index is 700. The van der Waals surface area contributed by atoms with Crippen LogP contribution in [0, 0.1) is 6.92 Å². The zero-order chi connectivity index (χ0) is 14.9. The average molecular weight is 292 g/mol. The van der Waals surface area contributed by atoms with Crippen molar-refractivity contribution in [3.63, 3.8) is 0 Å². The molecule has 2 heterocycles. The van der Waals surface area contributed by atoms with Gasteiger partial charge in [0.2, 0.25) is 0 Å². The lowest BCUT2D eigenvalue weighted by Gasteiger charge is -2.11. The predicted molar refractivity (Wildman–Crippen MR) is 83.7 cm³/mol. The smallest absolute Gasteiger partial charge is 0.260 e. The van der Waals surface area contributed by atoms with Gasteiger partial charge in [-0.3, -0.25) is 9.59 Å². The zero-order valence-electron chi connectivity index (χ0n) is 12.3. The zero-order valence-corrected chi connectivity index (χ0v) is 13.1. The molecule has 0 aliphatic carbocycles. The molecular formula is C15H20N2O2S. The lowest BCUT2D eigenvalue weighted by molar-refractivity contribution is 0.0940. The molecule has 108 valence electrons. The van der Waals surface area contributed by atoms with Gasteiger partial charge in [-0.15, -0.1) is 11.3 Å². The summed E-state index contributed by atoms with van der Waals surface area (Å²) in [5, 5.41) is 3.50. The van der Waals surface area contributed by atoms with Crippen LogP contribution in [0.3, 0.4) is 0 Å². The molecule has 2 aromatic heterocycles. The fourth-order valence-corrected chi connectivity index (χ4v) is 3.23. The topological polar surface area (TPSA) is 51.1 Å². The van der Waals surface area contributed by atoms with Crippen LogP contribution in [0.5, 0.6) is 0 Å². The number of aromatic nitrogens is 1. The van der Waals surface area contributed by atoms with Gasteiger partial charge in [0.25, 0.3) is 11.5 Å². The molecule has 1 amide bonds. The maximum absolute atomic E-state index is 12.4. The van der Waals surface area contributed by atoms with Crippen LogP contribution in [0.4, 0.5) is 0 Å². The van der Waals surface area contributed by atoms with Crippen LogP contribution in [-0.2, 0) is 6.54 Å². The summed E-state index contributed by atoms with van der Waals surface area (Å²) in [6, 6.07) is 2.02. The average Bonchev–Trinajstić information content (AvgIpc) is 2.76. The number of nitrogens with zero attached hydrogens (tertiary/aromatic N) is 1. The van der Waals surface area contributed by atoms with E-state index in [0.29, 0.717) is 17.5 Å². The highest BCUT2D eigenvalue weighted by molar-refractivity contribution is 7.19. The van der Waals surface area contributed by atoms with E-state index in [1.54, 1.807) is 10.8 Å². The maximum atomic E-state index is 12.4. The van der Waals surface area contributed by atoms with Crippen molar-refractivity contribution in [1.29, 1.82) is 0 Å². The summed E-state index contributed by atoms with van der Waals surface area (Å²) in [7, 11) is 0. The third kappa shape index (κ3) is 2.50. The molecule has 1 unspecified atom stereocenters. The summed E-state index contributed by atoms with van der Waals surface area (Å²) in [5.41, 5.74) is 0.460. The van der Waals surface area contributed by atoms with Crippen molar-refractivity contribution >= 4 is 27.3 Å². The summed E-state index contributed by atoms with van der Waals surface area (Å²) in [4.78, 5) is 25.7. The number of carbonyl (C=O) groups excluding carboxylic acids is 1. The molecule has 0 bridgehead atoms. The molecule has 0 radical (unpaired) electrons. The Morgan fingerprint density at radius 1 is 1.45 bits per heavy atom. The highest BCUT2D eigenvalue weighted by Gasteiger charge is 2.20. The summed E-state index contributed by atoms with van der Waals surface area (Å²) in [6.45, 7) is 8.41. The standard InChI is InChI=1S/C15H20N2O2S/c1-5-9(3)16-14(18)12-10(4)20-11-7-8-17(6-2)15(19)13(11)12/h7-9H,5-6H2,1-4H3,(H,16,18).